The summed E-state index contributed by atoms with van der Waals surface area (Å²) in [5.74, 6) is -0.349. The van der Waals surface area contributed by atoms with Crippen LogP contribution in [0.4, 0.5) is 9.18 Å². The molecule has 0 aliphatic carbocycles. The van der Waals surface area contributed by atoms with Crippen LogP contribution in [0.1, 0.15) is 61.8 Å². The van der Waals surface area contributed by atoms with E-state index in [1.54, 1.807) is 43.7 Å². The summed E-state index contributed by atoms with van der Waals surface area (Å²) in [7, 11) is 3.03. The third kappa shape index (κ3) is 9.02. The van der Waals surface area contributed by atoms with Gasteiger partial charge in [0.15, 0.2) is 17.3 Å². The molecule has 9 nitrogen and oxygen atoms in total. The quantitative estimate of drug-likeness (QED) is 0.556. The number of urea groups is 1. The Balaban J connectivity index is 0.000000279. The van der Waals surface area contributed by atoms with Crippen LogP contribution in [0.15, 0.2) is 64.4 Å². The molecule has 2 N–H and O–H groups in total. The number of halogens is 1. The summed E-state index contributed by atoms with van der Waals surface area (Å²) in [6.07, 6.45) is 12.1. The molecule has 38 heavy (non-hydrogen) atoms. The fourth-order valence-corrected chi connectivity index (χ4v) is 3.29. The van der Waals surface area contributed by atoms with Gasteiger partial charge in [-0.05, 0) is 36.3 Å². The number of amides is 3. The predicted octanol–water partition coefficient (Wildman–Crippen LogP) is 5.21. The lowest BCUT2D eigenvalue weighted by Crippen LogP contribution is -2.50. The van der Waals surface area contributed by atoms with Crippen molar-refractivity contribution in [1.82, 2.24) is 15.5 Å². The molecular formula is C28H37FN4O5. The average Bonchev–Trinajstić information content (AvgIpc) is 3.46. The zero-order chi connectivity index (χ0) is 28.5. The molecular weight excluding hydrogens is 491 g/mol. The van der Waals surface area contributed by atoms with Gasteiger partial charge in [-0.2, -0.15) is 0 Å². The van der Waals surface area contributed by atoms with Crippen LogP contribution in [0, 0.1) is 5.82 Å². The Bertz CT molecular complexity index is 1110. The number of nitrogens with zero attached hydrogens (tertiary/aromatic N) is 2. The molecule has 1 atom stereocenters. The monoisotopic (exact) mass is 528 g/mol. The number of furan rings is 1. The number of hydrogen-bond acceptors (Lipinski definition) is 6. The Morgan fingerprint density at radius 2 is 1.84 bits per heavy atom. The highest BCUT2D eigenvalue weighted by Crippen LogP contribution is 2.29. The van der Waals surface area contributed by atoms with Crippen molar-refractivity contribution < 1.29 is 27.9 Å². The maximum absolute atomic E-state index is 13.6. The van der Waals surface area contributed by atoms with E-state index in [1.165, 1.54) is 18.3 Å². The van der Waals surface area contributed by atoms with Crippen molar-refractivity contribution in [3.8, 4) is 5.75 Å². The summed E-state index contributed by atoms with van der Waals surface area (Å²) in [5, 5.41) is 4.86. The first-order chi connectivity index (χ1) is 18.4. The second kappa shape index (κ2) is 17.3. The van der Waals surface area contributed by atoms with Crippen molar-refractivity contribution in [2.24, 2.45) is 4.99 Å². The highest BCUT2D eigenvalue weighted by atomic mass is 19.1. The second-order valence-corrected chi connectivity index (χ2v) is 7.37. The number of benzene rings is 1. The molecule has 0 unspecified atom stereocenters. The smallest absolute Gasteiger partial charge is 0.316 e. The number of ether oxygens (including phenoxy) is 1. The zero-order valence-corrected chi connectivity index (χ0v) is 22.8. The Morgan fingerprint density at radius 1 is 1.11 bits per heavy atom. The number of nitrogens with one attached hydrogen (secondary N) is 2. The molecule has 206 valence electrons. The molecule has 0 saturated carbocycles. The van der Waals surface area contributed by atoms with Gasteiger partial charge < -0.3 is 24.7 Å². The van der Waals surface area contributed by atoms with Gasteiger partial charge >= 0.3 is 6.03 Å². The summed E-state index contributed by atoms with van der Waals surface area (Å²) >= 11 is 0. The van der Waals surface area contributed by atoms with Gasteiger partial charge in [0, 0.05) is 26.0 Å². The van der Waals surface area contributed by atoms with Gasteiger partial charge in [-0.25, -0.2) is 9.18 Å². The molecule has 10 heteroatoms. The lowest BCUT2D eigenvalue weighted by Gasteiger charge is -2.20. The van der Waals surface area contributed by atoms with Crippen molar-refractivity contribution in [3.63, 3.8) is 0 Å². The van der Waals surface area contributed by atoms with Crippen molar-refractivity contribution in [2.45, 2.75) is 46.7 Å². The number of carbonyl (C=O) groups is 3. The van der Waals surface area contributed by atoms with Gasteiger partial charge in [0.25, 0.3) is 5.91 Å². The topological polar surface area (TPSA) is 113 Å². The molecule has 0 bridgehead atoms. The summed E-state index contributed by atoms with van der Waals surface area (Å²) in [6, 6.07) is 5.62. The van der Waals surface area contributed by atoms with Gasteiger partial charge in [0.2, 0.25) is 0 Å². The van der Waals surface area contributed by atoms with Gasteiger partial charge in [-0.15, -0.1) is 0 Å². The molecule has 3 amide bonds. The van der Waals surface area contributed by atoms with Crippen LogP contribution >= 0.6 is 0 Å². The van der Waals surface area contributed by atoms with Crippen LogP contribution < -0.4 is 15.4 Å². The van der Waals surface area contributed by atoms with Crippen LogP contribution in [-0.4, -0.2) is 49.5 Å². The van der Waals surface area contributed by atoms with Crippen molar-refractivity contribution >= 4 is 23.9 Å². The first kappa shape index (κ1) is 31.8. The second-order valence-electron chi connectivity index (χ2n) is 7.37. The molecule has 1 aromatic heterocycles. The van der Waals surface area contributed by atoms with E-state index in [0.29, 0.717) is 12.3 Å². The molecule has 3 aliphatic heterocycles. The van der Waals surface area contributed by atoms with Crippen molar-refractivity contribution in [1.29, 1.82) is 0 Å². The third-order valence-corrected chi connectivity index (χ3v) is 5.00. The largest absolute Gasteiger partial charge is 0.494 e. The van der Waals surface area contributed by atoms with Crippen LogP contribution in [0.25, 0.3) is 0 Å². The molecule has 5 rings (SSSR count). The van der Waals surface area contributed by atoms with Gasteiger partial charge in [0.05, 0.1) is 25.5 Å². The number of Topliss-reactive ketones (excluding diaryl/α,β-unsaturated/α-hetero) is 1. The summed E-state index contributed by atoms with van der Waals surface area (Å²) in [5.41, 5.74) is 0.864. The van der Waals surface area contributed by atoms with Crippen LogP contribution in [0.5, 0.6) is 5.75 Å². The molecule has 1 fully saturated rings. The summed E-state index contributed by atoms with van der Waals surface area (Å²) in [4.78, 5) is 39.1. The van der Waals surface area contributed by atoms with E-state index in [0.717, 1.165) is 12.0 Å². The minimum absolute atomic E-state index is 0.0528. The standard InChI is InChI=1S/C10H10FNO2.C8H8N2O3.C6H7N.2C2H6/c1-12-5-6-3-4-7(14-2)9(11)8(6)10(12)13;11-5-4-9-8(12)10-7(5)6-2-1-3-13-6;1-2-4-6-7-5-3-1;2*1-2/h3-4H,5H2,1-2H3;1-3,7H,4H2,(H2,9,10,12);1,3-6H,2H2;2*1-2H3/t;7-;;;/m.1.../s1. The highest BCUT2D eigenvalue weighted by molar-refractivity contribution is 5.99. The number of hydrogen-bond donors (Lipinski definition) is 2. The van der Waals surface area contributed by atoms with Gasteiger partial charge in [-0.3, -0.25) is 14.6 Å². The lowest BCUT2D eigenvalue weighted by atomic mass is 10.1. The average molecular weight is 529 g/mol. The van der Waals surface area contributed by atoms with E-state index >= 15 is 0 Å². The zero-order valence-electron chi connectivity index (χ0n) is 22.8. The molecule has 4 heterocycles. The summed E-state index contributed by atoms with van der Waals surface area (Å²) < 4.78 is 23.5. The van der Waals surface area contributed by atoms with Gasteiger partial charge in [-0.1, -0.05) is 45.9 Å². The van der Waals surface area contributed by atoms with E-state index in [9.17, 15) is 18.8 Å². The lowest BCUT2D eigenvalue weighted by molar-refractivity contribution is -0.121. The van der Waals surface area contributed by atoms with Crippen molar-refractivity contribution in [2.75, 3.05) is 20.7 Å². The van der Waals surface area contributed by atoms with E-state index in [4.69, 9.17) is 9.15 Å². The number of carbonyl (C=O) groups excluding carboxylic acids is 3. The Labute approximate surface area is 223 Å². The van der Waals surface area contributed by atoms with Crippen LogP contribution in [0.2, 0.25) is 0 Å². The maximum atomic E-state index is 13.6. The maximum Gasteiger partial charge on any atom is 0.316 e. The minimum atomic E-state index is -0.635. The fourth-order valence-electron chi connectivity index (χ4n) is 3.29. The summed E-state index contributed by atoms with van der Waals surface area (Å²) in [6.45, 7) is 8.52. The molecule has 3 aliphatic rings. The number of aliphatic imine (C=N–C) groups is 1. The molecule has 1 aromatic carbocycles. The number of ketones is 1. The normalized spacial score (nSPS) is 16.4. The van der Waals surface area contributed by atoms with Gasteiger partial charge in [0.1, 0.15) is 11.8 Å². The molecule has 2 aromatic rings. The van der Waals surface area contributed by atoms with E-state index in [2.05, 4.69) is 21.7 Å². The number of fused-ring (bicyclic) bond motifs is 1. The van der Waals surface area contributed by atoms with E-state index in [1.807, 2.05) is 39.8 Å². The predicted molar refractivity (Wildman–Crippen MR) is 146 cm³/mol. The first-order valence-electron chi connectivity index (χ1n) is 12.5. The number of rotatable bonds is 2. The Hall–Kier alpha value is -4.21. The Morgan fingerprint density at radius 3 is 2.50 bits per heavy atom. The number of methoxy groups -OCH3 is 1. The molecule has 0 spiro atoms. The molecule has 0 radical (unpaired) electrons. The Kier molecular flexibility index (Phi) is 14.5. The third-order valence-electron chi connectivity index (χ3n) is 5.00. The van der Waals surface area contributed by atoms with E-state index < -0.39 is 11.9 Å². The van der Waals surface area contributed by atoms with Crippen LogP contribution in [0.3, 0.4) is 0 Å². The highest BCUT2D eigenvalue weighted by Gasteiger charge is 2.30. The van der Waals surface area contributed by atoms with Crippen molar-refractivity contribution in [3.05, 3.63) is 77.7 Å². The van der Waals surface area contributed by atoms with Crippen LogP contribution in [-0.2, 0) is 11.3 Å². The fraction of sp³-hybridized carbons (Fsp3) is 0.357. The minimum Gasteiger partial charge on any atom is -0.494 e. The number of allylic oxidation sites excluding steroid dienone is 3. The van der Waals surface area contributed by atoms with E-state index in [-0.39, 0.29) is 35.6 Å². The SMILES string of the molecule is C1=CCC=CN=C1.CC.CC.COc1ccc2c(c1F)C(=O)N(C)C2.O=C1NCC(=O)[C@H](c2ccco2)N1. The first-order valence-corrected chi connectivity index (χ1v) is 12.5. The molecule has 1 saturated heterocycles.